The first kappa shape index (κ1) is 15.3. The van der Waals surface area contributed by atoms with Crippen molar-refractivity contribution in [2.75, 3.05) is 19.6 Å². The molecule has 1 heterocycles. The minimum Gasteiger partial charge on any atom is -0.311 e. The summed E-state index contributed by atoms with van der Waals surface area (Å²) in [6.07, 6.45) is 5.82. The zero-order valence-corrected chi connectivity index (χ0v) is 13.7. The first-order valence-corrected chi connectivity index (χ1v) is 8.33. The second-order valence-corrected chi connectivity index (χ2v) is 8.26. The lowest BCUT2D eigenvalue weighted by Crippen LogP contribution is -2.60. The maximum atomic E-state index is 3.74. The normalized spacial score (nSPS) is 38.4. The van der Waals surface area contributed by atoms with Crippen molar-refractivity contribution in [2.45, 2.75) is 72.4 Å². The predicted molar refractivity (Wildman–Crippen MR) is 83.4 cm³/mol. The lowest BCUT2D eigenvalue weighted by molar-refractivity contribution is 0.0703. The molecular formula is C17H34N2. The molecule has 1 saturated carbocycles. The summed E-state index contributed by atoms with van der Waals surface area (Å²) in [5.74, 6) is 1.93. The molecule has 2 aliphatic rings. The second kappa shape index (κ2) is 6.13. The lowest BCUT2D eigenvalue weighted by Gasteiger charge is -2.45. The summed E-state index contributed by atoms with van der Waals surface area (Å²) in [7, 11) is 0. The molecule has 2 rings (SSSR count). The molecule has 2 fully saturated rings. The van der Waals surface area contributed by atoms with Gasteiger partial charge in [0.05, 0.1) is 0 Å². The lowest BCUT2D eigenvalue weighted by atomic mass is 9.81. The number of hydrogen-bond donors (Lipinski definition) is 1. The van der Waals surface area contributed by atoms with Crippen molar-refractivity contribution in [2.24, 2.45) is 17.3 Å². The van der Waals surface area contributed by atoms with Gasteiger partial charge in [0.25, 0.3) is 0 Å². The summed E-state index contributed by atoms with van der Waals surface area (Å²) in [6, 6.07) is 1.35. The van der Waals surface area contributed by atoms with E-state index in [1.165, 1.54) is 38.8 Å². The maximum Gasteiger partial charge on any atom is 0.0244 e. The van der Waals surface area contributed by atoms with Crippen molar-refractivity contribution >= 4 is 0 Å². The zero-order chi connectivity index (χ0) is 14.0. The molecule has 1 aliphatic heterocycles. The van der Waals surface area contributed by atoms with E-state index in [0.29, 0.717) is 17.5 Å². The van der Waals surface area contributed by atoms with E-state index < -0.39 is 0 Å². The van der Waals surface area contributed by atoms with Crippen LogP contribution in [0.3, 0.4) is 0 Å². The van der Waals surface area contributed by atoms with Crippen LogP contribution in [-0.4, -0.2) is 36.6 Å². The summed E-state index contributed by atoms with van der Waals surface area (Å²) in [4.78, 5) is 2.76. The summed E-state index contributed by atoms with van der Waals surface area (Å²) < 4.78 is 0. The first-order chi connectivity index (χ1) is 8.86. The van der Waals surface area contributed by atoms with Crippen LogP contribution in [0.2, 0.25) is 0 Å². The molecule has 0 spiro atoms. The van der Waals surface area contributed by atoms with Crippen LogP contribution in [-0.2, 0) is 0 Å². The molecule has 19 heavy (non-hydrogen) atoms. The van der Waals surface area contributed by atoms with Crippen molar-refractivity contribution in [3.63, 3.8) is 0 Å². The fraction of sp³-hybridized carbons (Fsp3) is 1.00. The van der Waals surface area contributed by atoms with Crippen molar-refractivity contribution < 1.29 is 0 Å². The molecular weight excluding hydrogens is 232 g/mol. The van der Waals surface area contributed by atoms with Crippen molar-refractivity contribution in [3.8, 4) is 0 Å². The summed E-state index contributed by atoms with van der Waals surface area (Å²) in [6.45, 7) is 15.6. The molecule has 2 nitrogen and oxygen atoms in total. The van der Waals surface area contributed by atoms with Crippen LogP contribution in [0.15, 0.2) is 0 Å². The molecule has 0 aromatic rings. The molecule has 1 aliphatic carbocycles. The molecule has 1 saturated heterocycles. The van der Waals surface area contributed by atoms with Gasteiger partial charge in [-0.2, -0.15) is 0 Å². The largest absolute Gasteiger partial charge is 0.311 e. The molecule has 2 atom stereocenters. The van der Waals surface area contributed by atoms with E-state index in [1.807, 2.05) is 0 Å². The van der Waals surface area contributed by atoms with Crippen LogP contribution in [0, 0.1) is 17.3 Å². The highest BCUT2D eigenvalue weighted by Crippen LogP contribution is 2.30. The van der Waals surface area contributed by atoms with Crippen LogP contribution in [0.5, 0.6) is 0 Å². The highest BCUT2D eigenvalue weighted by molar-refractivity contribution is 4.91. The SMILES string of the molecule is CC1CCC(CN2CC(C(C)(C)C)NCC2C)CC1. The number of nitrogens with zero attached hydrogens (tertiary/aromatic N) is 1. The zero-order valence-electron chi connectivity index (χ0n) is 13.7. The number of nitrogens with one attached hydrogen (secondary N) is 1. The average Bonchev–Trinajstić information content (AvgIpc) is 2.33. The van der Waals surface area contributed by atoms with E-state index in [4.69, 9.17) is 0 Å². The van der Waals surface area contributed by atoms with E-state index in [9.17, 15) is 0 Å². The van der Waals surface area contributed by atoms with Gasteiger partial charge in [-0.15, -0.1) is 0 Å². The number of piperazine rings is 1. The quantitative estimate of drug-likeness (QED) is 0.822. The van der Waals surface area contributed by atoms with Gasteiger partial charge in [-0.1, -0.05) is 40.5 Å². The molecule has 1 N–H and O–H groups in total. The van der Waals surface area contributed by atoms with Crippen molar-refractivity contribution in [1.82, 2.24) is 10.2 Å². The molecule has 0 bridgehead atoms. The van der Waals surface area contributed by atoms with Gasteiger partial charge in [-0.05, 0) is 37.0 Å². The van der Waals surface area contributed by atoms with Gasteiger partial charge in [0.2, 0.25) is 0 Å². The third-order valence-corrected chi connectivity index (χ3v) is 5.37. The Morgan fingerprint density at radius 2 is 1.68 bits per heavy atom. The van der Waals surface area contributed by atoms with Gasteiger partial charge in [-0.3, -0.25) is 4.90 Å². The average molecular weight is 266 g/mol. The van der Waals surface area contributed by atoms with Gasteiger partial charge < -0.3 is 5.32 Å². The first-order valence-electron chi connectivity index (χ1n) is 8.33. The Hall–Kier alpha value is -0.0800. The minimum absolute atomic E-state index is 0.374. The summed E-state index contributed by atoms with van der Waals surface area (Å²) >= 11 is 0. The molecule has 0 aromatic heterocycles. The van der Waals surface area contributed by atoms with Gasteiger partial charge in [0.15, 0.2) is 0 Å². The van der Waals surface area contributed by atoms with E-state index in [0.717, 1.165) is 18.4 Å². The highest BCUT2D eigenvalue weighted by atomic mass is 15.2. The molecule has 2 unspecified atom stereocenters. The van der Waals surface area contributed by atoms with Gasteiger partial charge >= 0.3 is 0 Å². The van der Waals surface area contributed by atoms with Gasteiger partial charge in [0.1, 0.15) is 0 Å². The predicted octanol–water partition coefficient (Wildman–Crippen LogP) is 3.52. The Bertz CT molecular complexity index is 273. The standard InChI is InChI=1S/C17H34N2/c1-13-6-8-15(9-7-13)11-19-12-16(17(3,4)5)18-10-14(19)2/h13-16,18H,6-12H2,1-5H3. The Balaban J connectivity index is 1.87. The molecule has 2 heteroatoms. The topological polar surface area (TPSA) is 15.3 Å². The fourth-order valence-electron chi connectivity index (χ4n) is 3.60. The maximum absolute atomic E-state index is 3.74. The van der Waals surface area contributed by atoms with Crippen LogP contribution >= 0.6 is 0 Å². The van der Waals surface area contributed by atoms with Gasteiger partial charge in [0, 0.05) is 31.7 Å². The third-order valence-electron chi connectivity index (χ3n) is 5.37. The Morgan fingerprint density at radius 1 is 1.05 bits per heavy atom. The molecule has 0 amide bonds. The Kier molecular flexibility index (Phi) is 4.94. The molecule has 112 valence electrons. The summed E-state index contributed by atoms with van der Waals surface area (Å²) in [5.41, 5.74) is 0.374. The van der Waals surface area contributed by atoms with Crippen molar-refractivity contribution in [3.05, 3.63) is 0 Å². The summed E-state index contributed by atoms with van der Waals surface area (Å²) in [5, 5.41) is 3.74. The van der Waals surface area contributed by atoms with E-state index in [1.54, 1.807) is 0 Å². The van der Waals surface area contributed by atoms with Crippen LogP contribution in [0.25, 0.3) is 0 Å². The van der Waals surface area contributed by atoms with Crippen molar-refractivity contribution in [1.29, 1.82) is 0 Å². The van der Waals surface area contributed by atoms with E-state index in [2.05, 4.69) is 44.8 Å². The second-order valence-electron chi connectivity index (χ2n) is 8.26. The van der Waals surface area contributed by atoms with E-state index in [-0.39, 0.29) is 0 Å². The van der Waals surface area contributed by atoms with Crippen LogP contribution < -0.4 is 5.32 Å². The third kappa shape index (κ3) is 4.19. The number of hydrogen-bond acceptors (Lipinski definition) is 2. The highest BCUT2D eigenvalue weighted by Gasteiger charge is 2.33. The smallest absolute Gasteiger partial charge is 0.0244 e. The molecule has 0 aromatic carbocycles. The molecule has 0 radical (unpaired) electrons. The Labute approximate surface area is 120 Å². The monoisotopic (exact) mass is 266 g/mol. The van der Waals surface area contributed by atoms with Crippen LogP contribution in [0.4, 0.5) is 0 Å². The van der Waals surface area contributed by atoms with Crippen LogP contribution in [0.1, 0.15) is 60.3 Å². The Morgan fingerprint density at radius 3 is 2.26 bits per heavy atom. The van der Waals surface area contributed by atoms with Gasteiger partial charge in [-0.25, -0.2) is 0 Å². The minimum atomic E-state index is 0.374. The number of rotatable bonds is 2. The van der Waals surface area contributed by atoms with E-state index >= 15 is 0 Å². The fourth-order valence-corrected chi connectivity index (χ4v) is 3.60.